The molecule has 0 saturated heterocycles. The first-order valence-corrected chi connectivity index (χ1v) is 18.8. The summed E-state index contributed by atoms with van der Waals surface area (Å²) < 4.78 is 12.1. The van der Waals surface area contributed by atoms with Crippen LogP contribution in [0.15, 0.2) is 48.6 Å². The van der Waals surface area contributed by atoms with Gasteiger partial charge < -0.3 is 15.2 Å². The first-order valence-electron chi connectivity index (χ1n) is 18.8. The maximum atomic E-state index is 6.11. The van der Waals surface area contributed by atoms with Crippen LogP contribution < -0.4 is 5.73 Å². The summed E-state index contributed by atoms with van der Waals surface area (Å²) in [6, 6.07) is 0. The number of nitrogens with two attached hydrogens (primary N) is 1. The molecule has 0 rings (SSSR count). The summed E-state index contributed by atoms with van der Waals surface area (Å²) in [6.07, 6.45) is 50.4. The lowest BCUT2D eigenvalue weighted by atomic mass is 10.1. The van der Waals surface area contributed by atoms with Crippen molar-refractivity contribution in [3.8, 4) is 0 Å². The SMILES string of the molecule is CCCCCC=CCC=CCCCCCCCCOCC(CCN)OCCCCCCCCC=CCC=CCCCCC. The van der Waals surface area contributed by atoms with E-state index in [1.165, 1.54) is 128 Å². The quantitative estimate of drug-likeness (QED) is 0.0580. The highest BCUT2D eigenvalue weighted by molar-refractivity contribution is 4.93. The molecule has 3 heteroatoms. The first kappa shape index (κ1) is 41.8. The summed E-state index contributed by atoms with van der Waals surface area (Å²) in [5.74, 6) is 0. The molecule has 0 saturated carbocycles. The molecule has 0 aliphatic rings. The lowest BCUT2D eigenvalue weighted by Crippen LogP contribution is -2.24. The van der Waals surface area contributed by atoms with Gasteiger partial charge in [0.25, 0.3) is 0 Å². The molecule has 252 valence electrons. The topological polar surface area (TPSA) is 44.5 Å². The summed E-state index contributed by atoms with van der Waals surface area (Å²) in [5.41, 5.74) is 5.82. The van der Waals surface area contributed by atoms with E-state index in [2.05, 4.69) is 62.5 Å². The van der Waals surface area contributed by atoms with Crippen LogP contribution in [0.2, 0.25) is 0 Å². The van der Waals surface area contributed by atoms with E-state index in [9.17, 15) is 0 Å². The molecule has 1 unspecified atom stereocenters. The fraction of sp³-hybridized carbons (Fsp3) is 0.800. The zero-order valence-electron chi connectivity index (χ0n) is 29.1. The van der Waals surface area contributed by atoms with Crippen molar-refractivity contribution in [2.45, 2.75) is 180 Å². The summed E-state index contributed by atoms with van der Waals surface area (Å²) >= 11 is 0. The number of unbranched alkanes of at least 4 members (excludes halogenated alkanes) is 18. The Balaban J connectivity index is 3.48. The van der Waals surface area contributed by atoms with Crippen LogP contribution in [0.4, 0.5) is 0 Å². The zero-order chi connectivity index (χ0) is 31.2. The van der Waals surface area contributed by atoms with E-state index in [1.54, 1.807) is 0 Å². The molecular weight excluding hydrogens is 526 g/mol. The molecule has 0 amide bonds. The Morgan fingerprint density at radius 2 is 0.860 bits per heavy atom. The van der Waals surface area contributed by atoms with Gasteiger partial charge in [-0.05, 0) is 90.0 Å². The zero-order valence-corrected chi connectivity index (χ0v) is 29.1. The second-order valence-corrected chi connectivity index (χ2v) is 12.3. The largest absolute Gasteiger partial charge is 0.379 e. The standard InChI is InChI=1S/C40H75NO2/c1-3-5-7-9-11-13-15-17-19-21-23-25-27-29-31-33-37-42-39-40(35-36-41)43-38-34-32-30-28-26-24-22-20-18-16-14-12-10-8-6-4-2/h11-14,17-20,40H,3-10,15-16,21-39,41H2,1-2H3. The van der Waals surface area contributed by atoms with Crippen molar-refractivity contribution >= 4 is 0 Å². The molecule has 0 aromatic carbocycles. The van der Waals surface area contributed by atoms with E-state index in [0.717, 1.165) is 45.3 Å². The van der Waals surface area contributed by atoms with Gasteiger partial charge in [0, 0.05) is 13.2 Å². The van der Waals surface area contributed by atoms with E-state index in [0.29, 0.717) is 13.2 Å². The van der Waals surface area contributed by atoms with Gasteiger partial charge in [-0.15, -0.1) is 0 Å². The van der Waals surface area contributed by atoms with Gasteiger partial charge in [-0.25, -0.2) is 0 Å². The highest BCUT2D eigenvalue weighted by Gasteiger charge is 2.08. The number of ether oxygens (including phenoxy) is 2. The van der Waals surface area contributed by atoms with Crippen LogP contribution in [0.3, 0.4) is 0 Å². The Morgan fingerprint density at radius 1 is 0.465 bits per heavy atom. The number of hydrogen-bond acceptors (Lipinski definition) is 3. The van der Waals surface area contributed by atoms with Crippen molar-refractivity contribution in [1.29, 1.82) is 0 Å². The third-order valence-electron chi connectivity index (χ3n) is 7.98. The second-order valence-electron chi connectivity index (χ2n) is 12.3. The second kappa shape index (κ2) is 38.9. The lowest BCUT2D eigenvalue weighted by molar-refractivity contribution is -0.0211. The lowest BCUT2D eigenvalue weighted by Gasteiger charge is -2.17. The van der Waals surface area contributed by atoms with Gasteiger partial charge in [-0.3, -0.25) is 0 Å². The smallest absolute Gasteiger partial charge is 0.0820 e. The Labute approximate surface area is 270 Å². The summed E-state index contributed by atoms with van der Waals surface area (Å²) in [6.45, 7) is 7.58. The third kappa shape index (κ3) is 36.9. The highest BCUT2D eigenvalue weighted by atomic mass is 16.5. The van der Waals surface area contributed by atoms with Gasteiger partial charge in [0.05, 0.1) is 12.7 Å². The molecule has 0 heterocycles. The average Bonchev–Trinajstić information content (AvgIpc) is 3.01. The van der Waals surface area contributed by atoms with Crippen LogP contribution in [0, 0.1) is 0 Å². The van der Waals surface area contributed by atoms with Gasteiger partial charge in [-0.2, -0.15) is 0 Å². The minimum atomic E-state index is 0.160. The Bertz CT molecular complexity index is 624. The summed E-state index contributed by atoms with van der Waals surface area (Å²) in [4.78, 5) is 0. The number of rotatable bonds is 35. The van der Waals surface area contributed by atoms with E-state index in [-0.39, 0.29) is 6.10 Å². The van der Waals surface area contributed by atoms with Crippen molar-refractivity contribution < 1.29 is 9.47 Å². The van der Waals surface area contributed by atoms with Crippen LogP contribution in [0.25, 0.3) is 0 Å². The maximum absolute atomic E-state index is 6.11. The van der Waals surface area contributed by atoms with Crippen LogP contribution in [-0.4, -0.2) is 32.5 Å². The predicted molar refractivity (Wildman–Crippen MR) is 193 cm³/mol. The van der Waals surface area contributed by atoms with Crippen molar-refractivity contribution in [2.24, 2.45) is 5.73 Å². The molecule has 0 spiro atoms. The molecule has 0 bridgehead atoms. The molecule has 0 aliphatic heterocycles. The predicted octanol–water partition coefficient (Wildman–Crippen LogP) is 12.4. The average molecular weight is 602 g/mol. The highest BCUT2D eigenvalue weighted by Crippen LogP contribution is 2.11. The van der Waals surface area contributed by atoms with Crippen LogP contribution in [0.1, 0.15) is 174 Å². The summed E-state index contributed by atoms with van der Waals surface area (Å²) in [7, 11) is 0. The van der Waals surface area contributed by atoms with Gasteiger partial charge in [0.2, 0.25) is 0 Å². The van der Waals surface area contributed by atoms with Crippen molar-refractivity contribution in [2.75, 3.05) is 26.4 Å². The Kier molecular flexibility index (Phi) is 37.8. The van der Waals surface area contributed by atoms with Crippen molar-refractivity contribution in [3.05, 3.63) is 48.6 Å². The molecule has 0 aromatic heterocycles. The Hall–Kier alpha value is -1.16. The molecule has 1 atom stereocenters. The van der Waals surface area contributed by atoms with Gasteiger partial charge in [0.15, 0.2) is 0 Å². The van der Waals surface area contributed by atoms with Crippen LogP contribution in [0.5, 0.6) is 0 Å². The van der Waals surface area contributed by atoms with E-state index in [1.807, 2.05) is 0 Å². The Morgan fingerprint density at radius 3 is 1.30 bits per heavy atom. The number of allylic oxidation sites excluding steroid dienone is 8. The molecular formula is C40H75NO2. The van der Waals surface area contributed by atoms with Crippen LogP contribution in [-0.2, 0) is 9.47 Å². The minimum Gasteiger partial charge on any atom is -0.379 e. The fourth-order valence-corrected chi connectivity index (χ4v) is 5.15. The van der Waals surface area contributed by atoms with E-state index >= 15 is 0 Å². The molecule has 3 nitrogen and oxygen atoms in total. The van der Waals surface area contributed by atoms with Crippen molar-refractivity contribution in [3.63, 3.8) is 0 Å². The monoisotopic (exact) mass is 602 g/mol. The van der Waals surface area contributed by atoms with Gasteiger partial charge >= 0.3 is 0 Å². The van der Waals surface area contributed by atoms with E-state index in [4.69, 9.17) is 15.2 Å². The van der Waals surface area contributed by atoms with Gasteiger partial charge in [-0.1, -0.05) is 140 Å². The number of hydrogen-bond donors (Lipinski definition) is 1. The summed E-state index contributed by atoms with van der Waals surface area (Å²) in [5, 5.41) is 0. The molecule has 0 aliphatic carbocycles. The maximum Gasteiger partial charge on any atom is 0.0820 e. The molecule has 0 aromatic rings. The normalized spacial score (nSPS) is 13.1. The molecule has 2 N–H and O–H groups in total. The van der Waals surface area contributed by atoms with Crippen LogP contribution >= 0.6 is 0 Å². The first-order chi connectivity index (χ1) is 21.3. The third-order valence-corrected chi connectivity index (χ3v) is 7.98. The van der Waals surface area contributed by atoms with E-state index < -0.39 is 0 Å². The van der Waals surface area contributed by atoms with Gasteiger partial charge in [0.1, 0.15) is 0 Å². The minimum absolute atomic E-state index is 0.160. The molecule has 0 radical (unpaired) electrons. The molecule has 43 heavy (non-hydrogen) atoms. The molecule has 0 fully saturated rings. The fourth-order valence-electron chi connectivity index (χ4n) is 5.15. The van der Waals surface area contributed by atoms with Crippen molar-refractivity contribution in [1.82, 2.24) is 0 Å².